The first-order valence-corrected chi connectivity index (χ1v) is 7.07. The smallest absolute Gasteiger partial charge is 0.163 e. The van der Waals surface area contributed by atoms with E-state index in [4.69, 9.17) is 10.5 Å². The summed E-state index contributed by atoms with van der Waals surface area (Å²) in [6, 6.07) is 12.0. The Kier molecular flexibility index (Phi) is 5.11. The Labute approximate surface area is 125 Å². The first-order valence-electron chi connectivity index (χ1n) is 7.07. The first-order chi connectivity index (χ1) is 10.1. The molecule has 0 aliphatic heterocycles. The molecule has 2 aromatic rings. The van der Waals surface area contributed by atoms with Crippen LogP contribution in [-0.4, -0.2) is 36.3 Å². The van der Waals surface area contributed by atoms with Gasteiger partial charge in [0.15, 0.2) is 5.82 Å². The minimum absolute atomic E-state index is 0.304. The van der Waals surface area contributed by atoms with Crippen LogP contribution in [0.3, 0.4) is 0 Å². The summed E-state index contributed by atoms with van der Waals surface area (Å²) in [5.41, 5.74) is 6.91. The van der Waals surface area contributed by atoms with Gasteiger partial charge in [0.05, 0.1) is 6.61 Å². The van der Waals surface area contributed by atoms with E-state index in [0.29, 0.717) is 24.3 Å². The SMILES string of the molecule is COCCN(c1cc(N)nc(-c2ccccc2)n1)C(C)C. The van der Waals surface area contributed by atoms with Crippen LogP contribution < -0.4 is 10.6 Å². The lowest BCUT2D eigenvalue weighted by Gasteiger charge is -2.28. The van der Waals surface area contributed by atoms with Crippen molar-refractivity contribution in [3.63, 3.8) is 0 Å². The number of benzene rings is 1. The standard InChI is InChI=1S/C16H22N4O/c1-12(2)20(9-10-21-3)15-11-14(17)18-16(19-15)13-7-5-4-6-8-13/h4-8,11-12H,9-10H2,1-3H3,(H2,17,18,19). The molecule has 0 atom stereocenters. The predicted octanol–water partition coefficient (Wildman–Crippen LogP) is 2.59. The molecule has 1 heterocycles. The van der Waals surface area contributed by atoms with Gasteiger partial charge in [0, 0.05) is 31.3 Å². The molecule has 0 aliphatic rings. The second-order valence-electron chi connectivity index (χ2n) is 5.12. The second kappa shape index (κ2) is 7.04. The molecule has 0 fully saturated rings. The molecule has 0 unspecified atom stereocenters. The Morgan fingerprint density at radius 2 is 1.90 bits per heavy atom. The molecule has 5 heteroatoms. The van der Waals surface area contributed by atoms with Gasteiger partial charge in [-0.1, -0.05) is 30.3 Å². The van der Waals surface area contributed by atoms with E-state index in [1.807, 2.05) is 36.4 Å². The van der Waals surface area contributed by atoms with Crippen molar-refractivity contribution in [2.75, 3.05) is 30.9 Å². The molecule has 5 nitrogen and oxygen atoms in total. The van der Waals surface area contributed by atoms with Crippen molar-refractivity contribution in [1.82, 2.24) is 9.97 Å². The highest BCUT2D eigenvalue weighted by Crippen LogP contribution is 2.22. The van der Waals surface area contributed by atoms with Crippen LogP contribution in [0.15, 0.2) is 36.4 Å². The molecule has 0 aliphatic carbocycles. The van der Waals surface area contributed by atoms with E-state index in [9.17, 15) is 0 Å². The summed E-state index contributed by atoms with van der Waals surface area (Å²) >= 11 is 0. The van der Waals surface area contributed by atoms with Gasteiger partial charge in [-0.05, 0) is 13.8 Å². The van der Waals surface area contributed by atoms with E-state index in [0.717, 1.165) is 17.9 Å². The number of anilines is 2. The number of nitrogens with two attached hydrogens (primary N) is 1. The molecule has 0 saturated carbocycles. The van der Waals surface area contributed by atoms with Crippen molar-refractivity contribution < 1.29 is 4.74 Å². The van der Waals surface area contributed by atoms with Crippen molar-refractivity contribution in [2.45, 2.75) is 19.9 Å². The number of aromatic nitrogens is 2. The summed E-state index contributed by atoms with van der Waals surface area (Å²) in [5, 5.41) is 0. The fraction of sp³-hybridized carbons (Fsp3) is 0.375. The van der Waals surface area contributed by atoms with Gasteiger partial charge in [-0.3, -0.25) is 0 Å². The number of nitrogens with zero attached hydrogens (tertiary/aromatic N) is 3. The Morgan fingerprint density at radius 1 is 1.19 bits per heavy atom. The lowest BCUT2D eigenvalue weighted by Crippen LogP contribution is -2.34. The van der Waals surface area contributed by atoms with E-state index in [1.165, 1.54) is 0 Å². The van der Waals surface area contributed by atoms with Crippen molar-refractivity contribution in [2.24, 2.45) is 0 Å². The summed E-state index contributed by atoms with van der Waals surface area (Å²) in [7, 11) is 1.70. The Bertz CT molecular complexity index is 572. The highest BCUT2D eigenvalue weighted by atomic mass is 16.5. The zero-order valence-corrected chi connectivity index (χ0v) is 12.8. The molecular weight excluding hydrogens is 264 g/mol. The maximum atomic E-state index is 5.95. The Hall–Kier alpha value is -2.14. The third kappa shape index (κ3) is 3.92. The molecule has 1 aromatic heterocycles. The van der Waals surface area contributed by atoms with Crippen LogP contribution in [0.4, 0.5) is 11.6 Å². The summed E-state index contributed by atoms with van der Waals surface area (Å²) in [6.07, 6.45) is 0. The van der Waals surface area contributed by atoms with Crippen LogP contribution in [0.5, 0.6) is 0 Å². The number of ether oxygens (including phenoxy) is 1. The predicted molar refractivity (Wildman–Crippen MR) is 86.2 cm³/mol. The van der Waals surface area contributed by atoms with Crippen LogP contribution in [0, 0.1) is 0 Å². The number of nitrogen functional groups attached to an aromatic ring is 1. The zero-order valence-electron chi connectivity index (χ0n) is 12.8. The van der Waals surface area contributed by atoms with E-state index in [1.54, 1.807) is 7.11 Å². The fourth-order valence-corrected chi connectivity index (χ4v) is 2.14. The second-order valence-corrected chi connectivity index (χ2v) is 5.12. The van der Waals surface area contributed by atoms with Crippen LogP contribution in [0.25, 0.3) is 11.4 Å². The van der Waals surface area contributed by atoms with Gasteiger partial charge in [-0.2, -0.15) is 0 Å². The van der Waals surface area contributed by atoms with Gasteiger partial charge >= 0.3 is 0 Å². The van der Waals surface area contributed by atoms with Crippen LogP contribution in [0.1, 0.15) is 13.8 Å². The quantitative estimate of drug-likeness (QED) is 0.884. The third-order valence-corrected chi connectivity index (χ3v) is 3.22. The maximum Gasteiger partial charge on any atom is 0.163 e. The normalized spacial score (nSPS) is 10.9. The van der Waals surface area contributed by atoms with E-state index >= 15 is 0 Å². The fourth-order valence-electron chi connectivity index (χ4n) is 2.14. The lowest BCUT2D eigenvalue weighted by atomic mass is 10.2. The van der Waals surface area contributed by atoms with Crippen molar-refractivity contribution in [3.05, 3.63) is 36.4 Å². The Morgan fingerprint density at radius 3 is 2.52 bits per heavy atom. The minimum Gasteiger partial charge on any atom is -0.384 e. The first kappa shape index (κ1) is 15.3. The summed E-state index contributed by atoms with van der Waals surface area (Å²) in [5.74, 6) is 1.95. The van der Waals surface area contributed by atoms with Gasteiger partial charge < -0.3 is 15.4 Å². The molecule has 21 heavy (non-hydrogen) atoms. The van der Waals surface area contributed by atoms with Crippen molar-refractivity contribution in [3.8, 4) is 11.4 Å². The molecule has 2 N–H and O–H groups in total. The summed E-state index contributed by atoms with van der Waals surface area (Å²) in [4.78, 5) is 11.2. The van der Waals surface area contributed by atoms with Crippen molar-refractivity contribution in [1.29, 1.82) is 0 Å². The maximum absolute atomic E-state index is 5.95. The molecule has 1 aromatic carbocycles. The van der Waals surface area contributed by atoms with Crippen LogP contribution in [0.2, 0.25) is 0 Å². The van der Waals surface area contributed by atoms with E-state index < -0.39 is 0 Å². The molecule has 2 rings (SSSR count). The minimum atomic E-state index is 0.304. The van der Waals surface area contributed by atoms with Crippen LogP contribution in [-0.2, 0) is 4.74 Å². The highest BCUT2D eigenvalue weighted by molar-refractivity contribution is 5.60. The largest absolute Gasteiger partial charge is 0.384 e. The molecular formula is C16H22N4O. The topological polar surface area (TPSA) is 64.3 Å². The van der Waals surface area contributed by atoms with E-state index in [2.05, 4.69) is 28.7 Å². The molecule has 0 spiro atoms. The van der Waals surface area contributed by atoms with Gasteiger partial charge in [-0.15, -0.1) is 0 Å². The number of hydrogen-bond donors (Lipinski definition) is 1. The zero-order chi connectivity index (χ0) is 15.2. The highest BCUT2D eigenvalue weighted by Gasteiger charge is 2.14. The Balaban J connectivity index is 2.37. The number of methoxy groups -OCH3 is 1. The molecule has 0 bridgehead atoms. The molecule has 0 amide bonds. The van der Waals surface area contributed by atoms with Crippen molar-refractivity contribution >= 4 is 11.6 Å². The third-order valence-electron chi connectivity index (χ3n) is 3.22. The van der Waals surface area contributed by atoms with E-state index in [-0.39, 0.29) is 0 Å². The average molecular weight is 286 g/mol. The monoisotopic (exact) mass is 286 g/mol. The van der Waals surface area contributed by atoms with Gasteiger partial charge in [-0.25, -0.2) is 9.97 Å². The molecule has 112 valence electrons. The number of rotatable bonds is 6. The number of hydrogen-bond acceptors (Lipinski definition) is 5. The van der Waals surface area contributed by atoms with Gasteiger partial charge in [0.25, 0.3) is 0 Å². The van der Waals surface area contributed by atoms with Gasteiger partial charge in [0.2, 0.25) is 0 Å². The van der Waals surface area contributed by atoms with Gasteiger partial charge in [0.1, 0.15) is 11.6 Å². The average Bonchev–Trinajstić information content (AvgIpc) is 2.48. The van der Waals surface area contributed by atoms with Crippen LogP contribution >= 0.6 is 0 Å². The lowest BCUT2D eigenvalue weighted by molar-refractivity contribution is 0.203. The summed E-state index contributed by atoms with van der Waals surface area (Å²) < 4.78 is 5.17. The summed E-state index contributed by atoms with van der Waals surface area (Å²) in [6.45, 7) is 5.65. The molecule has 0 radical (unpaired) electrons. The molecule has 0 saturated heterocycles.